The van der Waals surface area contributed by atoms with E-state index in [1.54, 1.807) is 0 Å². The van der Waals surface area contributed by atoms with Crippen LogP contribution in [0, 0.1) is 0 Å². The zero-order valence-corrected chi connectivity index (χ0v) is 32.6. The maximum atomic E-state index is 12.6. The van der Waals surface area contributed by atoms with Crippen LogP contribution < -0.4 is 10.6 Å². The number of carboxylic acid groups (broad SMARTS) is 2. The van der Waals surface area contributed by atoms with E-state index in [9.17, 15) is 91.6 Å². The van der Waals surface area contributed by atoms with Crippen molar-refractivity contribution in [1.29, 1.82) is 0 Å². The molecule has 0 radical (unpaired) electrons. The second kappa shape index (κ2) is 19.9. The number of aliphatic hydroxyl groups is 8. The third-order valence-electron chi connectivity index (χ3n) is 9.07. The Bertz CT molecular complexity index is 1870. The van der Waals surface area contributed by atoms with Gasteiger partial charge < -0.3 is 94.9 Å². The molecule has 1 unspecified atom stereocenters. The van der Waals surface area contributed by atoms with Gasteiger partial charge in [0.15, 0.2) is 30.7 Å². The smallest absolute Gasteiger partial charge is 0.397 e. The number of hydrogen-bond acceptors (Lipinski definition) is 25. The summed E-state index contributed by atoms with van der Waals surface area (Å²) in [4.78, 5) is 48.6. The zero-order valence-electron chi connectivity index (χ0n) is 30.9. The summed E-state index contributed by atoms with van der Waals surface area (Å²) in [6.45, 7) is -0.750. The van der Waals surface area contributed by atoms with E-state index in [2.05, 4.69) is 19.0 Å². The van der Waals surface area contributed by atoms with E-state index in [1.165, 1.54) is 0 Å². The molecule has 0 spiro atoms. The van der Waals surface area contributed by atoms with Gasteiger partial charge in [-0.15, -0.1) is 0 Å². The SMILES string of the molecule is CC(=O)N[C@H]1[C@H](O[C@H]2[C@H](O)[C@@H](O)[C@H](O[C@H]3[C@@H](O)[C@@H](COS(=O)(=O)O)OC(O)[C@@H]3NC(C)=O)O[C@@H]2C(=O)O)O[C@H](COS(=O)(=O)O)[C@H](O)[C@@H]1O[C@@H]1OC(C(=O)O)=C(O)[C@H](O)[C@H]1O. The first-order chi connectivity index (χ1) is 28.1. The van der Waals surface area contributed by atoms with E-state index in [0.29, 0.717) is 0 Å². The molecule has 14 N–H and O–H groups in total. The van der Waals surface area contributed by atoms with Crippen LogP contribution in [0.25, 0.3) is 0 Å². The molecular weight excluding hydrogens is 892 g/mol. The van der Waals surface area contributed by atoms with Crippen molar-refractivity contribution in [1.82, 2.24) is 10.6 Å². The minimum atomic E-state index is -5.33. The number of amides is 2. The predicted molar refractivity (Wildman–Crippen MR) is 179 cm³/mol. The van der Waals surface area contributed by atoms with Gasteiger partial charge >= 0.3 is 32.7 Å². The summed E-state index contributed by atoms with van der Waals surface area (Å²) in [5, 5.41) is 110. The highest BCUT2D eigenvalue weighted by atomic mass is 32.3. The molecule has 18 atom stereocenters. The molecule has 0 aliphatic carbocycles. The Balaban J connectivity index is 1.68. The van der Waals surface area contributed by atoms with Gasteiger partial charge in [0.25, 0.3) is 0 Å². The normalized spacial score (nSPS) is 39.8. The number of ether oxygens (including phenoxy) is 7. The average Bonchev–Trinajstić information content (AvgIpc) is 3.13. The van der Waals surface area contributed by atoms with Crippen LogP contribution in [0.1, 0.15) is 13.8 Å². The standard InChI is InChI=1S/C28H42N2O29S2/c1-5(31)29-9-18(11(33)7(53-25(9)44)3-51-60(45,46)47)55-28-17(39)15(37)20(22(59-28)24(42)43)57-26-10(30-6(2)32)19(12(34)8(54-26)4-52-61(48,49)50)56-27-16(38)13(35)14(36)21(58-27)23(40)41/h7-13,15-20,22,25-28,33-39,44H,3-4H2,1-2H3,(H,29,31)(H,30,32)(H,40,41)(H,42,43)(H,45,46,47)(H,48,49,50)/t7-,8-,9-,10-,11+,12+,13+,15-,16-,17-,18-,19-,20+,22+,25?,26+,27-,28-/m1/s1. The summed E-state index contributed by atoms with van der Waals surface area (Å²) < 4.78 is 109. The van der Waals surface area contributed by atoms with Crippen LogP contribution in [0.2, 0.25) is 0 Å². The van der Waals surface area contributed by atoms with Crippen molar-refractivity contribution < 1.29 is 138 Å². The number of hydrogen-bond donors (Lipinski definition) is 14. The largest absolute Gasteiger partial charge is 0.506 e. The van der Waals surface area contributed by atoms with Crippen molar-refractivity contribution >= 4 is 44.6 Å². The number of carbonyl (C=O) groups excluding carboxylic acids is 2. The van der Waals surface area contributed by atoms with Gasteiger partial charge in [-0.25, -0.2) is 18.0 Å². The number of carboxylic acids is 2. The van der Waals surface area contributed by atoms with Gasteiger partial charge in [0.2, 0.25) is 23.9 Å². The summed E-state index contributed by atoms with van der Waals surface area (Å²) >= 11 is 0. The summed E-state index contributed by atoms with van der Waals surface area (Å²) in [6, 6.07) is -3.85. The minimum Gasteiger partial charge on any atom is -0.506 e. The maximum Gasteiger partial charge on any atom is 0.397 e. The molecule has 3 fully saturated rings. The van der Waals surface area contributed by atoms with Gasteiger partial charge in [0.05, 0.1) is 13.2 Å². The fourth-order valence-electron chi connectivity index (χ4n) is 6.37. The summed E-state index contributed by atoms with van der Waals surface area (Å²) in [5.41, 5.74) is 0. The highest BCUT2D eigenvalue weighted by molar-refractivity contribution is 7.81. The molecule has 4 aliphatic rings. The molecule has 3 saturated heterocycles. The van der Waals surface area contributed by atoms with Crippen molar-refractivity contribution in [3.05, 3.63) is 11.5 Å². The highest BCUT2D eigenvalue weighted by Gasteiger charge is 2.57. The molecule has 33 heteroatoms. The minimum absolute atomic E-state index is 0.854. The van der Waals surface area contributed by atoms with E-state index in [4.69, 9.17) is 37.7 Å². The number of nitrogens with one attached hydrogen (secondary N) is 2. The molecule has 0 aromatic carbocycles. The molecule has 4 aliphatic heterocycles. The van der Waals surface area contributed by atoms with Crippen LogP contribution in [0.4, 0.5) is 0 Å². The maximum absolute atomic E-state index is 12.6. The predicted octanol–water partition coefficient (Wildman–Crippen LogP) is -8.58. The van der Waals surface area contributed by atoms with E-state index in [0.717, 1.165) is 13.8 Å². The Morgan fingerprint density at radius 2 is 1.10 bits per heavy atom. The fraction of sp³-hybridized carbons (Fsp3) is 0.786. The molecular formula is C28H42N2O29S2. The molecule has 0 aromatic heterocycles. The first-order valence-corrected chi connectivity index (χ1v) is 19.9. The average molecular weight is 935 g/mol. The molecule has 31 nitrogen and oxygen atoms in total. The Morgan fingerprint density at radius 1 is 0.623 bits per heavy atom. The van der Waals surface area contributed by atoms with Crippen molar-refractivity contribution in [2.24, 2.45) is 0 Å². The van der Waals surface area contributed by atoms with Gasteiger partial charge in [-0.3, -0.25) is 18.7 Å². The quantitative estimate of drug-likeness (QED) is 0.0639. The topological polar surface area (TPSA) is 486 Å². The number of aliphatic hydroxyl groups excluding tert-OH is 8. The molecule has 0 bridgehead atoms. The van der Waals surface area contributed by atoms with Gasteiger partial charge in [-0.05, 0) is 0 Å². The van der Waals surface area contributed by atoms with Gasteiger partial charge in [0.1, 0.15) is 79.2 Å². The Kier molecular flexibility index (Phi) is 16.3. The number of carbonyl (C=O) groups is 4. The summed E-state index contributed by atoms with van der Waals surface area (Å²) in [6.07, 6.45) is -36.6. The van der Waals surface area contributed by atoms with Crippen LogP contribution in [-0.4, -0.2) is 224 Å². The van der Waals surface area contributed by atoms with Crippen molar-refractivity contribution in [2.45, 2.75) is 124 Å². The van der Waals surface area contributed by atoms with Gasteiger partial charge in [-0.1, -0.05) is 0 Å². The Labute approximate surface area is 341 Å². The Morgan fingerprint density at radius 3 is 1.59 bits per heavy atom. The van der Waals surface area contributed by atoms with Crippen LogP contribution in [-0.2, 0) is 81.5 Å². The molecule has 4 rings (SSSR count). The molecule has 350 valence electrons. The van der Waals surface area contributed by atoms with Crippen LogP contribution in [0.3, 0.4) is 0 Å². The summed E-state index contributed by atoms with van der Waals surface area (Å²) in [7, 11) is -10.5. The lowest BCUT2D eigenvalue weighted by Crippen LogP contribution is -2.70. The van der Waals surface area contributed by atoms with Crippen LogP contribution in [0.15, 0.2) is 11.5 Å². The molecule has 4 heterocycles. The van der Waals surface area contributed by atoms with E-state index in [-0.39, 0.29) is 0 Å². The van der Waals surface area contributed by atoms with E-state index < -0.39 is 180 Å². The first kappa shape index (κ1) is 50.1. The third kappa shape index (κ3) is 12.3. The first-order valence-electron chi connectivity index (χ1n) is 17.1. The third-order valence-corrected chi connectivity index (χ3v) is 9.94. The molecule has 61 heavy (non-hydrogen) atoms. The van der Waals surface area contributed by atoms with Gasteiger partial charge in [-0.2, -0.15) is 16.8 Å². The number of rotatable bonds is 16. The van der Waals surface area contributed by atoms with Gasteiger partial charge in [0, 0.05) is 13.8 Å². The van der Waals surface area contributed by atoms with Crippen molar-refractivity contribution in [3.8, 4) is 0 Å². The van der Waals surface area contributed by atoms with E-state index in [1.807, 2.05) is 0 Å². The van der Waals surface area contributed by atoms with Crippen LogP contribution >= 0.6 is 0 Å². The Hall–Kier alpha value is -3.56. The lowest BCUT2D eigenvalue weighted by Gasteiger charge is -2.49. The molecule has 0 aromatic rings. The fourth-order valence-corrected chi connectivity index (χ4v) is 6.98. The van der Waals surface area contributed by atoms with Crippen LogP contribution in [0.5, 0.6) is 0 Å². The summed E-state index contributed by atoms with van der Waals surface area (Å²) in [5.74, 6) is -8.70. The second-order valence-corrected chi connectivity index (χ2v) is 15.6. The van der Waals surface area contributed by atoms with Crippen molar-refractivity contribution in [2.75, 3.05) is 13.2 Å². The molecule has 2 amide bonds. The molecule has 0 saturated carbocycles. The van der Waals surface area contributed by atoms with E-state index >= 15 is 0 Å². The lowest BCUT2D eigenvalue weighted by atomic mass is 9.94. The van der Waals surface area contributed by atoms with Crippen molar-refractivity contribution in [3.63, 3.8) is 0 Å². The second-order valence-electron chi connectivity index (χ2n) is 13.5. The monoisotopic (exact) mass is 934 g/mol. The number of aliphatic carboxylic acids is 2. The lowest BCUT2D eigenvalue weighted by molar-refractivity contribution is -0.363. The zero-order chi connectivity index (χ0) is 46.0. The highest BCUT2D eigenvalue weighted by Crippen LogP contribution is 2.35.